The first kappa shape index (κ1) is 20.3. The van der Waals surface area contributed by atoms with Gasteiger partial charge >= 0.3 is 0 Å². The van der Waals surface area contributed by atoms with Gasteiger partial charge in [-0.1, -0.05) is 36.4 Å². The van der Waals surface area contributed by atoms with Crippen LogP contribution in [-0.2, 0) is 10.0 Å². The second-order valence-electron chi connectivity index (χ2n) is 6.76. The van der Waals surface area contributed by atoms with E-state index in [2.05, 4.69) is 15.2 Å². The minimum absolute atomic E-state index is 0.0250. The van der Waals surface area contributed by atoms with Crippen molar-refractivity contribution in [3.05, 3.63) is 77.9 Å². The molecule has 0 saturated heterocycles. The van der Waals surface area contributed by atoms with Crippen molar-refractivity contribution in [2.24, 2.45) is 15.4 Å². The minimum Gasteiger partial charge on any atom is -0.508 e. The quantitative estimate of drug-likeness (QED) is 0.264. The summed E-state index contributed by atoms with van der Waals surface area (Å²) < 4.78 is 22.7. The van der Waals surface area contributed by atoms with Crippen LogP contribution in [0.5, 0.6) is 11.6 Å². The smallest absolute Gasteiger partial charge is 0.238 e. The third-order valence-corrected chi connectivity index (χ3v) is 5.52. The van der Waals surface area contributed by atoms with Crippen LogP contribution < -0.4 is 5.14 Å². The number of benzene rings is 3. The predicted molar refractivity (Wildman–Crippen MR) is 119 cm³/mol. The summed E-state index contributed by atoms with van der Waals surface area (Å²) in [7, 11) is -3.79. The van der Waals surface area contributed by atoms with Crippen molar-refractivity contribution in [2.45, 2.75) is 4.90 Å². The van der Waals surface area contributed by atoms with Gasteiger partial charge in [-0.15, -0.1) is 5.11 Å². The van der Waals surface area contributed by atoms with Gasteiger partial charge in [0.1, 0.15) is 5.75 Å². The van der Waals surface area contributed by atoms with Crippen LogP contribution in [0.2, 0.25) is 0 Å². The molecular weight excluding hydrogens is 416 g/mol. The number of H-pyrrole nitrogens is 1. The normalized spacial score (nSPS) is 12.3. The SMILES string of the molecule is NS(=O)(=O)c1ccc(N=Nc2c(O)[nH]c3cccc(C=Cc4ccc(O)cc4)c23)cc1. The van der Waals surface area contributed by atoms with E-state index in [1.54, 1.807) is 24.3 Å². The van der Waals surface area contributed by atoms with Crippen LogP contribution in [0.15, 0.2) is 81.9 Å². The van der Waals surface area contributed by atoms with Gasteiger partial charge in [0, 0.05) is 5.39 Å². The maximum atomic E-state index is 11.4. The maximum Gasteiger partial charge on any atom is 0.238 e. The average Bonchev–Trinajstić information content (AvgIpc) is 3.07. The first-order valence-corrected chi connectivity index (χ1v) is 10.7. The Morgan fingerprint density at radius 3 is 2.26 bits per heavy atom. The summed E-state index contributed by atoms with van der Waals surface area (Å²) in [4.78, 5) is 2.85. The number of hydrogen-bond acceptors (Lipinski definition) is 6. The van der Waals surface area contributed by atoms with Gasteiger partial charge in [0.05, 0.1) is 16.1 Å². The van der Waals surface area contributed by atoms with E-state index >= 15 is 0 Å². The van der Waals surface area contributed by atoms with E-state index in [1.807, 2.05) is 30.4 Å². The second kappa shape index (κ2) is 8.05. The molecule has 0 fully saturated rings. The highest BCUT2D eigenvalue weighted by molar-refractivity contribution is 7.89. The monoisotopic (exact) mass is 434 g/mol. The Bertz CT molecular complexity index is 1400. The molecule has 8 nitrogen and oxygen atoms in total. The Balaban J connectivity index is 1.70. The summed E-state index contributed by atoms with van der Waals surface area (Å²) in [6.07, 6.45) is 3.76. The first-order chi connectivity index (χ1) is 14.8. The number of nitrogens with two attached hydrogens (primary N) is 1. The predicted octanol–water partition coefficient (Wildman–Crippen LogP) is 4.81. The minimum atomic E-state index is -3.79. The molecule has 4 aromatic rings. The summed E-state index contributed by atoms with van der Waals surface area (Å²) in [5.41, 5.74) is 3.05. The largest absolute Gasteiger partial charge is 0.508 e. The molecule has 0 aliphatic rings. The van der Waals surface area contributed by atoms with Gasteiger partial charge in [0.2, 0.25) is 15.9 Å². The molecule has 0 saturated carbocycles. The van der Waals surface area contributed by atoms with Crippen LogP contribution in [0.3, 0.4) is 0 Å². The number of aromatic amines is 1. The van der Waals surface area contributed by atoms with Crippen molar-refractivity contribution < 1.29 is 18.6 Å². The van der Waals surface area contributed by atoms with Crippen LogP contribution in [0.25, 0.3) is 23.1 Å². The highest BCUT2D eigenvalue weighted by Crippen LogP contribution is 2.39. The number of aromatic nitrogens is 1. The van der Waals surface area contributed by atoms with Crippen LogP contribution in [0.1, 0.15) is 11.1 Å². The molecule has 0 aliphatic heterocycles. The van der Waals surface area contributed by atoms with E-state index in [0.717, 1.165) is 11.1 Å². The Morgan fingerprint density at radius 1 is 0.871 bits per heavy atom. The van der Waals surface area contributed by atoms with Gasteiger partial charge < -0.3 is 15.2 Å². The van der Waals surface area contributed by atoms with Crippen LogP contribution >= 0.6 is 0 Å². The lowest BCUT2D eigenvalue weighted by molar-refractivity contribution is 0.459. The van der Waals surface area contributed by atoms with Gasteiger partial charge in [-0.25, -0.2) is 13.6 Å². The number of phenolic OH excluding ortho intramolecular Hbond substituents is 1. The summed E-state index contributed by atoms with van der Waals surface area (Å²) in [6.45, 7) is 0. The van der Waals surface area contributed by atoms with Gasteiger partial charge in [-0.3, -0.25) is 0 Å². The zero-order valence-electron chi connectivity index (χ0n) is 16.1. The molecule has 0 atom stereocenters. The number of aromatic hydroxyl groups is 2. The van der Waals surface area contributed by atoms with E-state index in [-0.39, 0.29) is 22.2 Å². The summed E-state index contributed by atoms with van der Waals surface area (Å²) in [5, 5.41) is 33.8. The second-order valence-corrected chi connectivity index (χ2v) is 8.32. The van der Waals surface area contributed by atoms with Crippen molar-refractivity contribution in [3.8, 4) is 11.6 Å². The number of nitrogens with zero attached hydrogens (tertiary/aromatic N) is 2. The van der Waals surface area contributed by atoms with Gasteiger partial charge in [0.15, 0.2) is 5.69 Å². The van der Waals surface area contributed by atoms with Crippen molar-refractivity contribution in [3.63, 3.8) is 0 Å². The van der Waals surface area contributed by atoms with Gasteiger partial charge in [-0.2, -0.15) is 5.11 Å². The molecule has 0 radical (unpaired) electrons. The van der Waals surface area contributed by atoms with E-state index in [4.69, 9.17) is 5.14 Å². The molecule has 3 aromatic carbocycles. The van der Waals surface area contributed by atoms with Crippen molar-refractivity contribution in [1.82, 2.24) is 4.98 Å². The lowest BCUT2D eigenvalue weighted by Gasteiger charge is -2.00. The molecule has 0 spiro atoms. The maximum absolute atomic E-state index is 11.4. The zero-order valence-corrected chi connectivity index (χ0v) is 16.9. The summed E-state index contributed by atoms with van der Waals surface area (Å²) in [5.74, 6) is 0.0555. The van der Waals surface area contributed by atoms with Crippen LogP contribution in [0, 0.1) is 0 Å². The summed E-state index contributed by atoms with van der Waals surface area (Å²) >= 11 is 0. The fourth-order valence-electron chi connectivity index (χ4n) is 3.06. The molecule has 9 heteroatoms. The number of phenols is 1. The summed E-state index contributed by atoms with van der Waals surface area (Å²) in [6, 6.07) is 17.9. The van der Waals surface area contributed by atoms with E-state index < -0.39 is 10.0 Å². The van der Waals surface area contributed by atoms with Gasteiger partial charge in [0.25, 0.3) is 0 Å². The number of fused-ring (bicyclic) bond motifs is 1. The average molecular weight is 434 g/mol. The zero-order chi connectivity index (χ0) is 22.0. The lowest BCUT2D eigenvalue weighted by Crippen LogP contribution is -2.11. The molecular formula is C22H18N4O4S. The molecule has 1 heterocycles. The Hall–Kier alpha value is -3.95. The fourth-order valence-corrected chi connectivity index (χ4v) is 3.58. The number of azo groups is 1. The number of hydrogen-bond donors (Lipinski definition) is 4. The van der Waals surface area contributed by atoms with Crippen molar-refractivity contribution in [2.75, 3.05) is 0 Å². The molecule has 0 bridgehead atoms. The number of primary sulfonamides is 1. The molecule has 31 heavy (non-hydrogen) atoms. The lowest BCUT2D eigenvalue weighted by atomic mass is 10.1. The third-order valence-electron chi connectivity index (χ3n) is 4.59. The molecule has 4 rings (SSSR count). The number of rotatable bonds is 5. The molecule has 0 amide bonds. The number of sulfonamides is 1. The standard InChI is InChI=1S/C22H18N4O4S/c23-31(29,30)18-12-8-16(9-13-18)25-26-21-20-15(2-1-3-19(20)24-22(21)28)7-4-14-5-10-17(27)11-6-14/h1-13,24,27-28H,(H2,23,29,30). The van der Waals surface area contributed by atoms with Gasteiger partial charge in [-0.05, 0) is 53.6 Å². The molecule has 0 unspecified atom stereocenters. The third kappa shape index (κ3) is 4.47. The molecule has 5 N–H and O–H groups in total. The Kier molecular flexibility index (Phi) is 5.28. The first-order valence-electron chi connectivity index (χ1n) is 9.17. The Morgan fingerprint density at radius 2 is 1.58 bits per heavy atom. The highest BCUT2D eigenvalue weighted by atomic mass is 32.2. The van der Waals surface area contributed by atoms with Crippen LogP contribution in [-0.4, -0.2) is 23.6 Å². The number of nitrogens with one attached hydrogen (secondary N) is 1. The van der Waals surface area contributed by atoms with E-state index in [0.29, 0.717) is 16.6 Å². The van der Waals surface area contributed by atoms with Crippen LogP contribution in [0.4, 0.5) is 11.4 Å². The fraction of sp³-hybridized carbons (Fsp3) is 0. The van der Waals surface area contributed by atoms with E-state index in [1.165, 1.54) is 24.3 Å². The molecule has 156 valence electrons. The van der Waals surface area contributed by atoms with E-state index in [9.17, 15) is 18.6 Å². The Labute approximate surface area is 178 Å². The van der Waals surface area contributed by atoms with Crippen molar-refractivity contribution in [1.29, 1.82) is 0 Å². The highest BCUT2D eigenvalue weighted by Gasteiger charge is 2.13. The molecule has 0 aliphatic carbocycles. The van der Waals surface area contributed by atoms with Crippen molar-refractivity contribution >= 4 is 44.5 Å². The molecule has 1 aromatic heterocycles. The topological polar surface area (TPSA) is 141 Å².